The first-order chi connectivity index (χ1) is 10.1. The molecule has 0 atom stereocenters. The average Bonchev–Trinajstić information content (AvgIpc) is 2.73. The Balaban J connectivity index is 2.04. The zero-order valence-electron chi connectivity index (χ0n) is 13.7. The number of hydrogen-bond acceptors (Lipinski definition) is 2. The van der Waals surface area contributed by atoms with Crippen LogP contribution in [0.25, 0.3) is 0 Å². The Morgan fingerprint density at radius 1 is 1.19 bits per heavy atom. The molecule has 1 aliphatic carbocycles. The van der Waals surface area contributed by atoms with Gasteiger partial charge in [0.1, 0.15) is 5.82 Å². The van der Waals surface area contributed by atoms with E-state index >= 15 is 0 Å². The summed E-state index contributed by atoms with van der Waals surface area (Å²) in [6, 6.07) is 6.57. The normalized spacial score (nSPS) is 17.0. The van der Waals surface area contributed by atoms with Crippen LogP contribution < -0.4 is 10.2 Å². The molecule has 21 heavy (non-hydrogen) atoms. The van der Waals surface area contributed by atoms with Crippen LogP contribution in [0.3, 0.4) is 0 Å². The molecule has 0 spiro atoms. The van der Waals surface area contributed by atoms with Crippen molar-refractivity contribution in [2.45, 2.75) is 71.0 Å². The zero-order valence-corrected chi connectivity index (χ0v) is 13.7. The number of halogens is 1. The lowest BCUT2D eigenvalue weighted by Crippen LogP contribution is -2.31. The molecular weight excluding hydrogens is 263 g/mol. The Labute approximate surface area is 128 Å². The van der Waals surface area contributed by atoms with Crippen LogP contribution in [0.1, 0.15) is 57.9 Å². The SMILES string of the molecule is CC(C)NCc1ccc(N(C)C2CCCCCC2)c(F)c1. The number of nitrogens with zero attached hydrogens (tertiary/aromatic N) is 1. The van der Waals surface area contributed by atoms with Gasteiger partial charge >= 0.3 is 0 Å². The number of anilines is 1. The quantitative estimate of drug-likeness (QED) is 0.805. The molecule has 1 fully saturated rings. The molecule has 118 valence electrons. The number of hydrogen-bond donors (Lipinski definition) is 1. The van der Waals surface area contributed by atoms with Crippen molar-refractivity contribution in [2.24, 2.45) is 0 Å². The minimum atomic E-state index is -0.0928. The van der Waals surface area contributed by atoms with Crippen molar-refractivity contribution in [3.63, 3.8) is 0 Å². The smallest absolute Gasteiger partial charge is 0.146 e. The van der Waals surface area contributed by atoms with Gasteiger partial charge in [0.25, 0.3) is 0 Å². The van der Waals surface area contributed by atoms with Crippen molar-refractivity contribution in [1.82, 2.24) is 5.32 Å². The molecule has 0 amide bonds. The van der Waals surface area contributed by atoms with Crippen molar-refractivity contribution < 1.29 is 4.39 Å². The highest BCUT2D eigenvalue weighted by molar-refractivity contribution is 5.49. The van der Waals surface area contributed by atoms with Crippen LogP contribution in [0.4, 0.5) is 10.1 Å². The van der Waals surface area contributed by atoms with Crippen LogP contribution in [0.5, 0.6) is 0 Å². The highest BCUT2D eigenvalue weighted by atomic mass is 19.1. The largest absolute Gasteiger partial charge is 0.369 e. The zero-order chi connectivity index (χ0) is 15.2. The summed E-state index contributed by atoms with van der Waals surface area (Å²) in [5.41, 5.74) is 1.76. The van der Waals surface area contributed by atoms with Crippen LogP contribution >= 0.6 is 0 Å². The molecule has 0 unspecified atom stereocenters. The fourth-order valence-electron chi connectivity index (χ4n) is 3.11. The van der Waals surface area contributed by atoms with E-state index in [2.05, 4.69) is 24.1 Å². The summed E-state index contributed by atoms with van der Waals surface area (Å²) in [5.74, 6) is -0.0928. The van der Waals surface area contributed by atoms with Crippen molar-refractivity contribution in [1.29, 1.82) is 0 Å². The van der Waals surface area contributed by atoms with Gasteiger partial charge in [-0.1, -0.05) is 45.6 Å². The Hall–Kier alpha value is -1.09. The summed E-state index contributed by atoms with van der Waals surface area (Å²) >= 11 is 0. The first-order valence-electron chi connectivity index (χ1n) is 8.32. The highest BCUT2D eigenvalue weighted by Crippen LogP contribution is 2.27. The van der Waals surface area contributed by atoms with Crippen molar-refractivity contribution in [2.75, 3.05) is 11.9 Å². The van der Waals surface area contributed by atoms with E-state index in [4.69, 9.17) is 0 Å². The topological polar surface area (TPSA) is 15.3 Å². The summed E-state index contributed by atoms with van der Waals surface area (Å²) in [5, 5.41) is 3.33. The van der Waals surface area contributed by atoms with E-state index in [1.807, 2.05) is 19.2 Å². The minimum Gasteiger partial charge on any atom is -0.369 e. The van der Waals surface area contributed by atoms with Gasteiger partial charge in [0.15, 0.2) is 0 Å². The third-order valence-corrected chi connectivity index (χ3v) is 4.48. The van der Waals surface area contributed by atoms with Gasteiger partial charge in [-0.05, 0) is 30.5 Å². The lowest BCUT2D eigenvalue weighted by molar-refractivity contribution is 0.536. The molecule has 0 saturated heterocycles. The summed E-state index contributed by atoms with van der Waals surface area (Å²) in [6.45, 7) is 4.93. The summed E-state index contributed by atoms with van der Waals surface area (Å²) in [7, 11) is 2.04. The molecule has 1 aromatic carbocycles. The second-order valence-corrected chi connectivity index (χ2v) is 6.58. The van der Waals surface area contributed by atoms with E-state index in [0.717, 1.165) is 17.8 Å². The first-order valence-corrected chi connectivity index (χ1v) is 8.32. The molecule has 1 aliphatic rings. The molecular formula is C18H29FN2. The van der Waals surface area contributed by atoms with Crippen molar-refractivity contribution in [3.8, 4) is 0 Å². The lowest BCUT2D eigenvalue weighted by Gasteiger charge is -2.29. The minimum absolute atomic E-state index is 0.0928. The third kappa shape index (κ3) is 4.70. The Bertz CT molecular complexity index is 437. The van der Waals surface area contributed by atoms with Gasteiger partial charge < -0.3 is 10.2 Å². The second kappa shape index (κ2) is 7.79. The molecule has 2 nitrogen and oxygen atoms in total. The van der Waals surface area contributed by atoms with E-state index in [9.17, 15) is 4.39 Å². The monoisotopic (exact) mass is 292 g/mol. The maximum atomic E-state index is 14.4. The predicted octanol–water partition coefficient (Wildman–Crippen LogP) is 4.48. The third-order valence-electron chi connectivity index (χ3n) is 4.48. The Morgan fingerprint density at radius 3 is 2.43 bits per heavy atom. The summed E-state index contributed by atoms with van der Waals surface area (Å²) in [6.07, 6.45) is 7.57. The average molecular weight is 292 g/mol. The van der Waals surface area contributed by atoms with E-state index < -0.39 is 0 Å². The fourth-order valence-corrected chi connectivity index (χ4v) is 3.11. The van der Waals surface area contributed by atoms with Crippen LogP contribution in [0.2, 0.25) is 0 Å². The maximum absolute atomic E-state index is 14.4. The van der Waals surface area contributed by atoms with Gasteiger partial charge in [-0.2, -0.15) is 0 Å². The Kier molecular flexibility index (Phi) is 6.04. The standard InChI is InChI=1S/C18H29FN2/c1-14(2)20-13-15-10-11-18(17(19)12-15)21(3)16-8-6-4-5-7-9-16/h10-12,14,16,20H,4-9,13H2,1-3H3. The summed E-state index contributed by atoms with van der Waals surface area (Å²) in [4.78, 5) is 2.15. The van der Waals surface area contributed by atoms with Crippen LogP contribution in [0, 0.1) is 5.82 Å². The van der Waals surface area contributed by atoms with Gasteiger partial charge in [0.2, 0.25) is 0 Å². The van der Waals surface area contributed by atoms with E-state index in [0.29, 0.717) is 12.1 Å². The van der Waals surface area contributed by atoms with E-state index in [1.54, 1.807) is 6.07 Å². The molecule has 0 bridgehead atoms. The first kappa shape index (κ1) is 16.3. The maximum Gasteiger partial charge on any atom is 0.146 e. The van der Waals surface area contributed by atoms with Crippen LogP contribution in [-0.2, 0) is 6.54 Å². The predicted molar refractivity (Wildman–Crippen MR) is 88.3 cm³/mol. The molecule has 0 aliphatic heterocycles. The van der Waals surface area contributed by atoms with Crippen molar-refractivity contribution >= 4 is 5.69 Å². The van der Waals surface area contributed by atoms with Crippen LogP contribution in [-0.4, -0.2) is 19.1 Å². The molecule has 1 N–H and O–H groups in total. The molecule has 0 radical (unpaired) electrons. The van der Waals surface area contributed by atoms with E-state index in [-0.39, 0.29) is 5.82 Å². The molecule has 0 aromatic heterocycles. The van der Waals surface area contributed by atoms with Gasteiger partial charge in [0.05, 0.1) is 5.69 Å². The Morgan fingerprint density at radius 2 is 1.86 bits per heavy atom. The summed E-state index contributed by atoms with van der Waals surface area (Å²) < 4.78 is 14.4. The van der Waals surface area contributed by atoms with Gasteiger partial charge in [0, 0.05) is 25.7 Å². The number of rotatable bonds is 5. The van der Waals surface area contributed by atoms with Gasteiger partial charge in [-0.25, -0.2) is 4.39 Å². The lowest BCUT2D eigenvalue weighted by atomic mass is 10.1. The fraction of sp³-hybridized carbons (Fsp3) is 0.667. The molecule has 3 heteroatoms. The van der Waals surface area contributed by atoms with Crippen LogP contribution in [0.15, 0.2) is 18.2 Å². The molecule has 1 aromatic rings. The number of benzene rings is 1. The van der Waals surface area contributed by atoms with Crippen molar-refractivity contribution in [3.05, 3.63) is 29.6 Å². The second-order valence-electron chi connectivity index (χ2n) is 6.58. The molecule has 2 rings (SSSR count). The van der Waals surface area contributed by atoms with Gasteiger partial charge in [-0.15, -0.1) is 0 Å². The van der Waals surface area contributed by atoms with Gasteiger partial charge in [-0.3, -0.25) is 0 Å². The molecule has 0 heterocycles. The molecule has 1 saturated carbocycles. The number of nitrogens with one attached hydrogen (secondary N) is 1. The highest BCUT2D eigenvalue weighted by Gasteiger charge is 2.19. The van der Waals surface area contributed by atoms with E-state index in [1.165, 1.54) is 38.5 Å².